The van der Waals surface area contributed by atoms with Crippen molar-refractivity contribution in [3.05, 3.63) is 0 Å². The van der Waals surface area contributed by atoms with E-state index in [9.17, 15) is 4.79 Å². The number of hydrogen-bond donors (Lipinski definition) is 1. The summed E-state index contributed by atoms with van der Waals surface area (Å²) in [5.74, 6) is 0. The SMILES string of the molecule is CC(C)OC(=O)NC1CCC[C@@H](N2CCN(C)CC2)C1. The maximum atomic E-state index is 11.7. The minimum absolute atomic E-state index is 0.0491. The first kappa shape index (κ1) is 15.6. The summed E-state index contributed by atoms with van der Waals surface area (Å²) in [6.07, 6.45) is 4.30. The molecule has 5 heteroatoms. The standard InChI is InChI=1S/C15H29N3O2/c1-12(2)20-15(19)16-13-5-4-6-14(11-13)18-9-7-17(3)8-10-18/h12-14H,4-11H2,1-3H3,(H,16,19)/t13?,14-/m1/s1. The van der Waals surface area contributed by atoms with Crippen molar-refractivity contribution in [1.82, 2.24) is 15.1 Å². The van der Waals surface area contributed by atoms with Crippen LogP contribution in [0.15, 0.2) is 0 Å². The molecule has 1 unspecified atom stereocenters. The summed E-state index contributed by atoms with van der Waals surface area (Å²) < 4.78 is 5.18. The molecular formula is C15H29N3O2. The van der Waals surface area contributed by atoms with Crippen LogP contribution in [0, 0.1) is 0 Å². The summed E-state index contributed by atoms with van der Waals surface area (Å²) in [7, 11) is 2.19. The Morgan fingerprint density at radius 1 is 1.20 bits per heavy atom. The zero-order valence-corrected chi connectivity index (χ0v) is 13.1. The van der Waals surface area contributed by atoms with Crippen LogP contribution in [0.2, 0.25) is 0 Å². The van der Waals surface area contributed by atoms with E-state index in [2.05, 4.69) is 22.2 Å². The van der Waals surface area contributed by atoms with Crippen molar-refractivity contribution >= 4 is 6.09 Å². The highest BCUT2D eigenvalue weighted by molar-refractivity contribution is 5.67. The fourth-order valence-electron chi connectivity index (χ4n) is 3.23. The molecule has 2 fully saturated rings. The van der Waals surface area contributed by atoms with E-state index in [-0.39, 0.29) is 18.2 Å². The van der Waals surface area contributed by atoms with Gasteiger partial charge in [-0.25, -0.2) is 4.79 Å². The van der Waals surface area contributed by atoms with E-state index in [1.165, 1.54) is 12.8 Å². The number of carbonyl (C=O) groups is 1. The maximum Gasteiger partial charge on any atom is 0.407 e. The number of nitrogens with zero attached hydrogens (tertiary/aromatic N) is 2. The molecule has 0 spiro atoms. The van der Waals surface area contributed by atoms with Gasteiger partial charge >= 0.3 is 6.09 Å². The number of hydrogen-bond acceptors (Lipinski definition) is 4. The normalized spacial score (nSPS) is 29.4. The van der Waals surface area contributed by atoms with Crippen LogP contribution >= 0.6 is 0 Å². The first-order valence-electron chi connectivity index (χ1n) is 7.94. The largest absolute Gasteiger partial charge is 0.447 e. The Bertz CT molecular complexity index is 314. The van der Waals surface area contributed by atoms with Crippen molar-refractivity contribution in [1.29, 1.82) is 0 Å². The Hall–Kier alpha value is -0.810. The lowest BCUT2D eigenvalue weighted by Gasteiger charge is -2.41. The third kappa shape index (κ3) is 4.63. The molecule has 2 rings (SSSR count). The molecule has 1 saturated heterocycles. The Morgan fingerprint density at radius 3 is 2.55 bits per heavy atom. The smallest absolute Gasteiger partial charge is 0.407 e. The number of rotatable bonds is 3. The lowest BCUT2D eigenvalue weighted by molar-refractivity contribution is 0.0765. The second-order valence-electron chi connectivity index (χ2n) is 6.45. The quantitative estimate of drug-likeness (QED) is 0.856. The van der Waals surface area contributed by atoms with Crippen LogP contribution in [0.25, 0.3) is 0 Å². The fraction of sp³-hybridized carbons (Fsp3) is 0.933. The number of ether oxygens (including phenoxy) is 1. The Labute approximate surface area is 122 Å². The van der Waals surface area contributed by atoms with Crippen molar-refractivity contribution in [2.75, 3.05) is 33.2 Å². The highest BCUT2D eigenvalue weighted by atomic mass is 16.6. The number of piperazine rings is 1. The first-order valence-corrected chi connectivity index (χ1v) is 7.94. The molecule has 1 aliphatic carbocycles. The Kier molecular flexibility index (Phi) is 5.66. The highest BCUT2D eigenvalue weighted by Crippen LogP contribution is 2.24. The molecule has 0 bridgehead atoms. The van der Waals surface area contributed by atoms with Gasteiger partial charge in [-0.3, -0.25) is 4.90 Å². The molecule has 0 aromatic heterocycles. The van der Waals surface area contributed by atoms with Gasteiger partial charge in [-0.1, -0.05) is 0 Å². The van der Waals surface area contributed by atoms with Crippen LogP contribution in [-0.4, -0.2) is 67.3 Å². The van der Waals surface area contributed by atoms with E-state index in [4.69, 9.17) is 4.74 Å². The minimum atomic E-state index is -0.260. The van der Waals surface area contributed by atoms with Gasteiger partial charge < -0.3 is 15.0 Å². The molecule has 5 nitrogen and oxygen atoms in total. The van der Waals surface area contributed by atoms with Gasteiger partial charge in [0.15, 0.2) is 0 Å². The Morgan fingerprint density at radius 2 is 1.90 bits per heavy atom. The molecule has 0 radical (unpaired) electrons. The van der Waals surface area contributed by atoms with Crippen LogP contribution in [0.5, 0.6) is 0 Å². The molecule has 20 heavy (non-hydrogen) atoms. The van der Waals surface area contributed by atoms with Gasteiger partial charge in [-0.05, 0) is 46.6 Å². The van der Waals surface area contributed by atoms with Gasteiger partial charge in [0.1, 0.15) is 0 Å². The van der Waals surface area contributed by atoms with Crippen molar-refractivity contribution in [2.24, 2.45) is 0 Å². The summed E-state index contributed by atoms with van der Waals surface area (Å²) >= 11 is 0. The average Bonchev–Trinajstić information content (AvgIpc) is 2.38. The van der Waals surface area contributed by atoms with E-state index < -0.39 is 0 Å². The predicted octanol–water partition coefficient (Wildman–Crippen LogP) is 1.68. The molecule has 0 aromatic carbocycles. The first-order chi connectivity index (χ1) is 9.54. The molecule has 2 aliphatic rings. The number of likely N-dealkylation sites (N-methyl/N-ethyl adjacent to an activating group) is 1. The van der Waals surface area contributed by atoms with Gasteiger partial charge in [-0.15, -0.1) is 0 Å². The zero-order valence-electron chi connectivity index (χ0n) is 13.1. The highest BCUT2D eigenvalue weighted by Gasteiger charge is 2.29. The number of amides is 1. The molecule has 116 valence electrons. The van der Waals surface area contributed by atoms with E-state index in [1.807, 2.05) is 13.8 Å². The van der Waals surface area contributed by atoms with Crippen LogP contribution in [0.3, 0.4) is 0 Å². The van der Waals surface area contributed by atoms with Crippen molar-refractivity contribution in [3.8, 4) is 0 Å². The Balaban J connectivity index is 1.78. The molecule has 1 saturated carbocycles. The monoisotopic (exact) mass is 283 g/mol. The van der Waals surface area contributed by atoms with E-state index >= 15 is 0 Å². The van der Waals surface area contributed by atoms with E-state index in [0.717, 1.165) is 39.0 Å². The van der Waals surface area contributed by atoms with Crippen LogP contribution < -0.4 is 5.32 Å². The van der Waals surface area contributed by atoms with Crippen LogP contribution in [0.1, 0.15) is 39.5 Å². The molecule has 1 aliphatic heterocycles. The second kappa shape index (κ2) is 7.27. The predicted molar refractivity (Wildman–Crippen MR) is 79.9 cm³/mol. The van der Waals surface area contributed by atoms with Crippen molar-refractivity contribution < 1.29 is 9.53 Å². The lowest BCUT2D eigenvalue weighted by atomic mass is 9.89. The molecule has 0 aromatic rings. The summed E-state index contributed by atoms with van der Waals surface area (Å²) in [6, 6.07) is 0.904. The van der Waals surface area contributed by atoms with Crippen LogP contribution in [-0.2, 0) is 4.74 Å². The summed E-state index contributed by atoms with van der Waals surface area (Å²) in [5.41, 5.74) is 0. The lowest BCUT2D eigenvalue weighted by Crippen LogP contribution is -2.52. The second-order valence-corrected chi connectivity index (χ2v) is 6.45. The van der Waals surface area contributed by atoms with Gasteiger partial charge in [0.2, 0.25) is 0 Å². The molecule has 1 heterocycles. The summed E-state index contributed by atoms with van der Waals surface area (Å²) in [4.78, 5) is 16.7. The third-order valence-corrected chi connectivity index (χ3v) is 4.37. The summed E-state index contributed by atoms with van der Waals surface area (Å²) in [5, 5.41) is 3.03. The van der Waals surface area contributed by atoms with E-state index in [0.29, 0.717) is 6.04 Å². The van der Waals surface area contributed by atoms with E-state index in [1.54, 1.807) is 0 Å². The van der Waals surface area contributed by atoms with Gasteiger partial charge in [-0.2, -0.15) is 0 Å². The molecule has 1 amide bonds. The minimum Gasteiger partial charge on any atom is -0.447 e. The number of carbonyl (C=O) groups excluding carboxylic acids is 1. The maximum absolute atomic E-state index is 11.7. The average molecular weight is 283 g/mol. The van der Waals surface area contributed by atoms with Crippen molar-refractivity contribution in [2.45, 2.75) is 57.7 Å². The van der Waals surface area contributed by atoms with Crippen molar-refractivity contribution in [3.63, 3.8) is 0 Å². The zero-order chi connectivity index (χ0) is 14.5. The van der Waals surface area contributed by atoms with Crippen LogP contribution in [0.4, 0.5) is 4.79 Å². The number of alkyl carbamates (subject to hydrolysis) is 1. The fourth-order valence-corrected chi connectivity index (χ4v) is 3.23. The summed E-state index contributed by atoms with van der Waals surface area (Å²) in [6.45, 7) is 8.39. The number of nitrogens with one attached hydrogen (secondary N) is 1. The third-order valence-electron chi connectivity index (χ3n) is 4.37. The molecule has 1 N–H and O–H groups in total. The molecular weight excluding hydrogens is 254 g/mol. The van der Waals surface area contributed by atoms with Gasteiger partial charge in [0, 0.05) is 38.3 Å². The topological polar surface area (TPSA) is 44.8 Å². The van der Waals surface area contributed by atoms with Gasteiger partial charge in [0.05, 0.1) is 6.10 Å². The van der Waals surface area contributed by atoms with Gasteiger partial charge in [0.25, 0.3) is 0 Å². The molecule has 2 atom stereocenters.